The van der Waals surface area contributed by atoms with Gasteiger partial charge in [0.1, 0.15) is 6.54 Å². The number of carbonyl (C=O) groups is 1. The van der Waals surface area contributed by atoms with Crippen molar-refractivity contribution in [1.82, 2.24) is 9.55 Å². The van der Waals surface area contributed by atoms with E-state index in [-0.39, 0.29) is 24.6 Å². The fraction of sp³-hybridized carbons (Fsp3) is 0.118. The molecule has 0 radical (unpaired) electrons. The molecule has 0 aliphatic rings. The van der Waals surface area contributed by atoms with E-state index in [0.717, 1.165) is 0 Å². The van der Waals surface area contributed by atoms with Crippen LogP contribution >= 0.6 is 0 Å². The van der Waals surface area contributed by atoms with Crippen LogP contribution in [-0.2, 0) is 17.9 Å². The van der Waals surface area contributed by atoms with Crippen molar-refractivity contribution in [3.05, 3.63) is 70.6 Å². The van der Waals surface area contributed by atoms with Crippen LogP contribution in [0.4, 0.5) is 5.69 Å². The summed E-state index contributed by atoms with van der Waals surface area (Å²) in [5.74, 6) is -0.321. The summed E-state index contributed by atoms with van der Waals surface area (Å²) in [5, 5.41) is 11.8. The average Bonchev–Trinajstić information content (AvgIpc) is 2.57. The minimum Gasteiger partial charge on any atom is -0.392 e. The van der Waals surface area contributed by atoms with E-state index in [0.29, 0.717) is 22.3 Å². The molecule has 3 aromatic rings. The summed E-state index contributed by atoms with van der Waals surface area (Å²) in [4.78, 5) is 28.3. The Morgan fingerprint density at radius 1 is 1.17 bits per heavy atom. The van der Waals surface area contributed by atoms with Crippen molar-refractivity contribution in [1.29, 1.82) is 0 Å². The maximum atomic E-state index is 12.2. The smallest absolute Gasteiger partial charge is 0.269 e. The van der Waals surface area contributed by atoms with Crippen LogP contribution in [0.2, 0.25) is 0 Å². The Balaban J connectivity index is 1.85. The fourth-order valence-electron chi connectivity index (χ4n) is 2.37. The van der Waals surface area contributed by atoms with Crippen molar-refractivity contribution >= 4 is 22.6 Å². The summed E-state index contributed by atoms with van der Waals surface area (Å²) < 4.78 is 1.38. The molecule has 0 saturated heterocycles. The maximum Gasteiger partial charge on any atom is 0.269 e. The van der Waals surface area contributed by atoms with E-state index in [1.807, 2.05) is 6.07 Å². The number of aliphatic hydroxyl groups excluding tert-OH is 1. The lowest BCUT2D eigenvalue weighted by Gasteiger charge is -2.10. The van der Waals surface area contributed by atoms with Crippen LogP contribution in [0.1, 0.15) is 5.56 Å². The average molecular weight is 309 g/mol. The summed E-state index contributed by atoms with van der Waals surface area (Å²) >= 11 is 0. The van der Waals surface area contributed by atoms with E-state index in [4.69, 9.17) is 5.11 Å². The van der Waals surface area contributed by atoms with E-state index in [1.165, 1.54) is 10.8 Å². The Kier molecular flexibility index (Phi) is 4.16. The summed E-state index contributed by atoms with van der Waals surface area (Å²) in [6.07, 6.45) is 1.21. The molecule has 0 bridgehead atoms. The molecule has 0 saturated carbocycles. The monoisotopic (exact) mass is 309 g/mol. The third-order valence-electron chi connectivity index (χ3n) is 3.45. The number of amides is 1. The lowest BCUT2D eigenvalue weighted by Crippen LogP contribution is -2.28. The molecule has 0 aliphatic carbocycles. The highest BCUT2D eigenvalue weighted by Gasteiger charge is 2.09. The Morgan fingerprint density at radius 3 is 2.83 bits per heavy atom. The van der Waals surface area contributed by atoms with Crippen LogP contribution in [0.15, 0.2) is 59.5 Å². The second-order valence-electron chi connectivity index (χ2n) is 5.08. The zero-order chi connectivity index (χ0) is 16.2. The standard InChI is InChI=1S/C17H15N3O3/c21-11-12-4-3-5-13(8-12)19-16(22)10-20-15-7-2-1-6-14(15)18-9-17(20)23/h1-9,21H,10-11H2,(H,19,22). The fourth-order valence-corrected chi connectivity index (χ4v) is 2.37. The van der Waals surface area contributed by atoms with Crippen molar-refractivity contribution in [2.45, 2.75) is 13.2 Å². The molecule has 116 valence electrons. The topological polar surface area (TPSA) is 84.2 Å². The zero-order valence-corrected chi connectivity index (χ0v) is 12.3. The van der Waals surface area contributed by atoms with Crippen molar-refractivity contribution in [2.75, 3.05) is 5.32 Å². The van der Waals surface area contributed by atoms with E-state index in [2.05, 4.69) is 10.3 Å². The number of rotatable bonds is 4. The minimum absolute atomic E-state index is 0.0990. The van der Waals surface area contributed by atoms with Gasteiger partial charge in [0, 0.05) is 5.69 Å². The lowest BCUT2D eigenvalue weighted by molar-refractivity contribution is -0.116. The first-order valence-corrected chi connectivity index (χ1v) is 7.11. The quantitative estimate of drug-likeness (QED) is 0.765. The molecule has 6 heteroatoms. The van der Waals surface area contributed by atoms with E-state index in [9.17, 15) is 9.59 Å². The highest BCUT2D eigenvalue weighted by atomic mass is 16.3. The summed E-state index contributed by atoms with van der Waals surface area (Å²) in [6, 6.07) is 14.1. The van der Waals surface area contributed by atoms with E-state index in [1.54, 1.807) is 42.5 Å². The Hall–Kier alpha value is -2.99. The molecule has 1 heterocycles. The van der Waals surface area contributed by atoms with Gasteiger partial charge in [0.2, 0.25) is 5.91 Å². The van der Waals surface area contributed by atoms with Gasteiger partial charge in [-0.2, -0.15) is 0 Å². The molecule has 2 aromatic carbocycles. The van der Waals surface area contributed by atoms with Crippen molar-refractivity contribution in [3.8, 4) is 0 Å². The van der Waals surface area contributed by atoms with Gasteiger partial charge in [0.25, 0.3) is 5.56 Å². The SMILES string of the molecule is O=C(Cn1c(=O)cnc2ccccc21)Nc1cccc(CO)c1. The molecule has 0 spiro atoms. The van der Waals surface area contributed by atoms with Gasteiger partial charge < -0.3 is 10.4 Å². The molecule has 2 N–H and O–H groups in total. The highest BCUT2D eigenvalue weighted by molar-refractivity contribution is 5.91. The largest absolute Gasteiger partial charge is 0.392 e. The molecule has 1 aromatic heterocycles. The van der Waals surface area contributed by atoms with Crippen LogP contribution in [0.3, 0.4) is 0 Å². The number of fused-ring (bicyclic) bond motifs is 1. The van der Waals surface area contributed by atoms with Crippen molar-refractivity contribution < 1.29 is 9.90 Å². The van der Waals surface area contributed by atoms with Crippen LogP contribution in [0.5, 0.6) is 0 Å². The third-order valence-corrected chi connectivity index (χ3v) is 3.45. The van der Waals surface area contributed by atoms with Gasteiger partial charge in [-0.25, -0.2) is 4.98 Å². The van der Waals surface area contributed by atoms with Gasteiger partial charge in [-0.1, -0.05) is 24.3 Å². The first-order chi connectivity index (χ1) is 11.2. The van der Waals surface area contributed by atoms with Crippen LogP contribution in [0.25, 0.3) is 11.0 Å². The number of aromatic nitrogens is 2. The molecule has 0 unspecified atom stereocenters. The lowest BCUT2D eigenvalue weighted by atomic mass is 10.2. The van der Waals surface area contributed by atoms with Gasteiger partial charge in [-0.05, 0) is 29.8 Å². The number of benzene rings is 2. The zero-order valence-electron chi connectivity index (χ0n) is 12.3. The minimum atomic E-state index is -0.331. The first kappa shape index (κ1) is 14.9. The summed E-state index contributed by atoms with van der Waals surface area (Å²) in [7, 11) is 0. The molecule has 0 fully saturated rings. The van der Waals surface area contributed by atoms with Gasteiger partial charge in [0.05, 0.1) is 23.8 Å². The van der Waals surface area contributed by atoms with E-state index >= 15 is 0 Å². The molecular weight excluding hydrogens is 294 g/mol. The molecule has 1 amide bonds. The number of hydrogen-bond donors (Lipinski definition) is 2. The molecular formula is C17H15N3O3. The molecule has 0 aliphatic heterocycles. The molecule has 6 nitrogen and oxygen atoms in total. The molecule has 0 atom stereocenters. The number of hydrogen-bond acceptors (Lipinski definition) is 4. The number of anilines is 1. The Morgan fingerprint density at radius 2 is 2.00 bits per heavy atom. The van der Waals surface area contributed by atoms with Gasteiger partial charge >= 0.3 is 0 Å². The van der Waals surface area contributed by atoms with Crippen LogP contribution in [0, 0.1) is 0 Å². The first-order valence-electron chi connectivity index (χ1n) is 7.11. The van der Waals surface area contributed by atoms with Gasteiger partial charge in [0.15, 0.2) is 0 Å². The molecule has 3 rings (SSSR count). The van der Waals surface area contributed by atoms with Crippen LogP contribution < -0.4 is 10.9 Å². The summed E-state index contributed by atoms with van der Waals surface area (Å²) in [5.41, 5.74) is 2.21. The Labute approximate surface area is 132 Å². The maximum absolute atomic E-state index is 12.2. The predicted molar refractivity (Wildman–Crippen MR) is 87.0 cm³/mol. The summed E-state index contributed by atoms with van der Waals surface area (Å²) in [6.45, 7) is -0.205. The third kappa shape index (κ3) is 3.27. The number of nitrogens with one attached hydrogen (secondary N) is 1. The predicted octanol–water partition coefficient (Wildman–Crippen LogP) is 1.53. The van der Waals surface area contributed by atoms with Crippen molar-refractivity contribution in [3.63, 3.8) is 0 Å². The van der Waals surface area contributed by atoms with Crippen LogP contribution in [-0.4, -0.2) is 20.6 Å². The Bertz CT molecular complexity index is 918. The normalized spacial score (nSPS) is 10.7. The second-order valence-corrected chi connectivity index (χ2v) is 5.08. The number of nitrogens with zero attached hydrogens (tertiary/aromatic N) is 2. The second kappa shape index (κ2) is 6.41. The van der Waals surface area contributed by atoms with E-state index < -0.39 is 0 Å². The number of aliphatic hydroxyl groups is 1. The number of para-hydroxylation sites is 2. The molecule has 23 heavy (non-hydrogen) atoms. The van der Waals surface area contributed by atoms with Gasteiger partial charge in [-0.3, -0.25) is 14.2 Å². The number of carbonyl (C=O) groups excluding carboxylic acids is 1. The highest BCUT2D eigenvalue weighted by Crippen LogP contribution is 2.12. The van der Waals surface area contributed by atoms with Crippen molar-refractivity contribution in [2.24, 2.45) is 0 Å². The van der Waals surface area contributed by atoms with Gasteiger partial charge in [-0.15, -0.1) is 0 Å².